The van der Waals surface area contributed by atoms with Crippen LogP contribution < -0.4 is 10.6 Å². The third-order valence-corrected chi connectivity index (χ3v) is 4.28. The summed E-state index contributed by atoms with van der Waals surface area (Å²) in [7, 11) is 0. The van der Waals surface area contributed by atoms with Gasteiger partial charge in [0.2, 0.25) is 5.91 Å². The zero-order valence-corrected chi connectivity index (χ0v) is 15.6. The molecule has 0 unspecified atom stereocenters. The van der Waals surface area contributed by atoms with Crippen molar-refractivity contribution in [3.8, 4) is 0 Å². The second-order valence-electron chi connectivity index (χ2n) is 7.68. The molecule has 0 atom stereocenters. The highest BCUT2D eigenvalue weighted by atomic mass is 16.6. The fourth-order valence-corrected chi connectivity index (χ4v) is 3.19. The van der Waals surface area contributed by atoms with E-state index in [4.69, 9.17) is 9.15 Å². The highest BCUT2D eigenvalue weighted by molar-refractivity contribution is 5.96. The van der Waals surface area contributed by atoms with Crippen LogP contribution in [0, 0.1) is 0 Å². The van der Waals surface area contributed by atoms with E-state index in [2.05, 4.69) is 10.6 Å². The van der Waals surface area contributed by atoms with E-state index in [1.165, 1.54) is 12.0 Å². The van der Waals surface area contributed by atoms with Crippen molar-refractivity contribution in [2.45, 2.75) is 58.5 Å². The van der Waals surface area contributed by atoms with Crippen LogP contribution >= 0.6 is 0 Å². The number of aryl methyl sites for hydroxylation is 2. The number of carbonyl (C=O) groups excluding carboxylic acids is 2. The van der Waals surface area contributed by atoms with E-state index in [9.17, 15) is 9.59 Å². The average Bonchev–Trinajstić information content (AvgIpc) is 2.73. The number of alkyl carbamates (subject to hydrolysis) is 1. The van der Waals surface area contributed by atoms with E-state index < -0.39 is 11.7 Å². The van der Waals surface area contributed by atoms with Gasteiger partial charge in [-0.2, -0.15) is 0 Å². The lowest BCUT2D eigenvalue weighted by Crippen LogP contribution is -2.37. The summed E-state index contributed by atoms with van der Waals surface area (Å²) >= 11 is 0. The van der Waals surface area contributed by atoms with Gasteiger partial charge in [0.1, 0.15) is 23.5 Å². The minimum Gasteiger partial charge on any atom is -0.461 e. The Balaban J connectivity index is 1.64. The van der Waals surface area contributed by atoms with Gasteiger partial charge in [0.15, 0.2) is 0 Å². The standard InChI is InChI=1S/C20H26N2O4/c1-20(2,3)26-19(24)21-12-18(23)22-13-9-10-17-15(11-13)14-7-5-4-6-8-16(14)25-17/h9-11H,4-8,12H2,1-3H3,(H,21,24)(H,22,23). The van der Waals surface area contributed by atoms with Gasteiger partial charge in [0.25, 0.3) is 0 Å². The second kappa shape index (κ2) is 7.40. The molecule has 1 aliphatic rings. The number of ether oxygens (including phenoxy) is 1. The van der Waals surface area contributed by atoms with Gasteiger partial charge in [-0.25, -0.2) is 4.79 Å². The Morgan fingerprint density at radius 1 is 1.15 bits per heavy atom. The fraction of sp³-hybridized carbons (Fsp3) is 0.500. The van der Waals surface area contributed by atoms with Crippen LogP contribution in [0.5, 0.6) is 0 Å². The normalized spacial score (nSPS) is 14.4. The van der Waals surface area contributed by atoms with Crippen LogP contribution in [0.15, 0.2) is 22.6 Å². The number of carbonyl (C=O) groups is 2. The van der Waals surface area contributed by atoms with Crippen molar-refractivity contribution in [2.75, 3.05) is 11.9 Å². The second-order valence-corrected chi connectivity index (χ2v) is 7.68. The van der Waals surface area contributed by atoms with Crippen LogP contribution in [0.3, 0.4) is 0 Å². The minimum atomic E-state index is -0.608. The van der Waals surface area contributed by atoms with Gasteiger partial charge in [0.05, 0.1) is 0 Å². The lowest BCUT2D eigenvalue weighted by atomic mass is 10.1. The molecule has 0 fully saturated rings. The molecule has 6 heteroatoms. The van der Waals surface area contributed by atoms with Crippen LogP contribution in [0.25, 0.3) is 11.0 Å². The first kappa shape index (κ1) is 18.3. The Kier molecular flexibility index (Phi) is 5.20. The van der Waals surface area contributed by atoms with Gasteiger partial charge in [-0.15, -0.1) is 0 Å². The first-order valence-corrected chi connectivity index (χ1v) is 9.13. The van der Waals surface area contributed by atoms with Crippen LogP contribution in [-0.4, -0.2) is 24.1 Å². The van der Waals surface area contributed by atoms with E-state index in [1.54, 1.807) is 20.8 Å². The Hall–Kier alpha value is -2.50. The summed E-state index contributed by atoms with van der Waals surface area (Å²) in [6.07, 6.45) is 4.93. The minimum absolute atomic E-state index is 0.142. The predicted octanol–water partition coefficient (Wildman–Crippen LogP) is 4.16. The number of hydrogen-bond donors (Lipinski definition) is 2. The quantitative estimate of drug-likeness (QED) is 0.807. The molecule has 140 valence electrons. The lowest BCUT2D eigenvalue weighted by molar-refractivity contribution is -0.115. The van der Waals surface area contributed by atoms with Crippen LogP contribution in [0.4, 0.5) is 10.5 Å². The molecular weight excluding hydrogens is 332 g/mol. The molecule has 1 aliphatic carbocycles. The molecule has 0 saturated carbocycles. The molecule has 0 bridgehead atoms. The van der Waals surface area contributed by atoms with E-state index in [-0.39, 0.29) is 12.5 Å². The summed E-state index contributed by atoms with van der Waals surface area (Å²) in [5.41, 5.74) is 2.23. The van der Waals surface area contributed by atoms with Gasteiger partial charge < -0.3 is 19.8 Å². The molecule has 3 rings (SSSR count). The van der Waals surface area contributed by atoms with E-state index in [1.807, 2.05) is 18.2 Å². The maximum atomic E-state index is 12.1. The first-order valence-electron chi connectivity index (χ1n) is 9.13. The monoisotopic (exact) mass is 358 g/mol. The highest BCUT2D eigenvalue weighted by Gasteiger charge is 2.18. The third-order valence-electron chi connectivity index (χ3n) is 4.28. The zero-order chi connectivity index (χ0) is 18.7. The summed E-state index contributed by atoms with van der Waals surface area (Å²) in [5.74, 6) is 0.775. The summed E-state index contributed by atoms with van der Waals surface area (Å²) in [6, 6.07) is 5.66. The predicted molar refractivity (Wildman–Crippen MR) is 100 cm³/mol. The van der Waals surface area contributed by atoms with Crippen molar-refractivity contribution in [1.82, 2.24) is 5.32 Å². The molecule has 26 heavy (non-hydrogen) atoms. The molecule has 2 aromatic rings. The van der Waals surface area contributed by atoms with Crippen LogP contribution in [-0.2, 0) is 22.4 Å². The van der Waals surface area contributed by atoms with Gasteiger partial charge >= 0.3 is 6.09 Å². The molecule has 0 saturated heterocycles. The number of anilines is 1. The van der Waals surface area contributed by atoms with Crippen molar-refractivity contribution in [3.05, 3.63) is 29.5 Å². The van der Waals surface area contributed by atoms with E-state index in [0.717, 1.165) is 42.4 Å². The van der Waals surface area contributed by atoms with Crippen LogP contribution in [0.2, 0.25) is 0 Å². The van der Waals surface area contributed by atoms with Gasteiger partial charge in [0, 0.05) is 23.1 Å². The number of amides is 2. The Morgan fingerprint density at radius 3 is 2.69 bits per heavy atom. The fourth-order valence-electron chi connectivity index (χ4n) is 3.19. The molecule has 0 aliphatic heterocycles. The molecule has 0 radical (unpaired) electrons. The summed E-state index contributed by atoms with van der Waals surface area (Å²) < 4.78 is 11.1. The zero-order valence-electron chi connectivity index (χ0n) is 15.6. The molecular formula is C20H26N2O4. The van der Waals surface area contributed by atoms with Crippen molar-refractivity contribution < 1.29 is 18.7 Å². The van der Waals surface area contributed by atoms with Crippen molar-refractivity contribution >= 4 is 28.7 Å². The smallest absolute Gasteiger partial charge is 0.408 e. The van der Waals surface area contributed by atoms with E-state index in [0.29, 0.717) is 5.69 Å². The summed E-state index contributed by atoms with van der Waals surface area (Å²) in [4.78, 5) is 23.7. The maximum absolute atomic E-state index is 12.1. The first-order chi connectivity index (χ1) is 12.3. The molecule has 1 aromatic heterocycles. The highest BCUT2D eigenvalue weighted by Crippen LogP contribution is 2.32. The molecule has 1 heterocycles. The van der Waals surface area contributed by atoms with E-state index >= 15 is 0 Å². The molecule has 1 aromatic carbocycles. The SMILES string of the molecule is CC(C)(C)OC(=O)NCC(=O)Nc1ccc2oc3c(c2c1)CCCCC3. The number of fused-ring (bicyclic) bond motifs is 3. The Labute approximate surface area is 153 Å². The number of furan rings is 1. The number of rotatable bonds is 3. The number of nitrogens with one attached hydrogen (secondary N) is 2. The molecule has 2 N–H and O–H groups in total. The molecule has 0 spiro atoms. The van der Waals surface area contributed by atoms with Crippen LogP contribution in [0.1, 0.15) is 51.4 Å². The van der Waals surface area contributed by atoms with Gasteiger partial charge in [-0.3, -0.25) is 4.79 Å². The Morgan fingerprint density at radius 2 is 1.92 bits per heavy atom. The lowest BCUT2D eigenvalue weighted by Gasteiger charge is -2.19. The molecule has 6 nitrogen and oxygen atoms in total. The average molecular weight is 358 g/mol. The number of hydrogen-bond acceptors (Lipinski definition) is 4. The number of benzene rings is 1. The van der Waals surface area contributed by atoms with Crippen molar-refractivity contribution in [1.29, 1.82) is 0 Å². The Bertz CT molecular complexity index is 817. The largest absolute Gasteiger partial charge is 0.461 e. The van der Waals surface area contributed by atoms with Gasteiger partial charge in [-0.1, -0.05) is 6.42 Å². The summed E-state index contributed by atoms with van der Waals surface area (Å²) in [6.45, 7) is 5.18. The van der Waals surface area contributed by atoms with Gasteiger partial charge in [-0.05, 0) is 58.2 Å². The van der Waals surface area contributed by atoms with Crippen molar-refractivity contribution in [3.63, 3.8) is 0 Å². The van der Waals surface area contributed by atoms with Crippen molar-refractivity contribution in [2.24, 2.45) is 0 Å². The third kappa shape index (κ3) is 4.56. The topological polar surface area (TPSA) is 80.6 Å². The maximum Gasteiger partial charge on any atom is 0.408 e. The molecule has 2 amide bonds. The summed E-state index contributed by atoms with van der Waals surface area (Å²) in [5, 5.41) is 6.34.